The van der Waals surface area contributed by atoms with Crippen molar-refractivity contribution in [2.45, 2.75) is 0 Å². The zero-order valence-corrected chi connectivity index (χ0v) is 12.3. The molecule has 1 aromatic carbocycles. The van der Waals surface area contributed by atoms with Crippen molar-refractivity contribution in [2.24, 2.45) is 0 Å². The van der Waals surface area contributed by atoms with Crippen LogP contribution in [0.4, 0.5) is 10.5 Å². The molecule has 0 aromatic heterocycles. The van der Waals surface area contributed by atoms with Gasteiger partial charge in [-0.05, 0) is 23.8 Å². The number of carbonyl (C=O) groups excluding carboxylic acids is 2. The summed E-state index contributed by atoms with van der Waals surface area (Å²) in [5.74, 6) is -0.401. The molecule has 1 saturated heterocycles. The number of rotatable bonds is 5. The largest absolute Gasteiger partial charge is 0.422 e. The van der Waals surface area contributed by atoms with Gasteiger partial charge >= 0.3 is 6.09 Å². The average Bonchev–Trinajstić information content (AvgIpc) is 2.72. The smallest absolute Gasteiger partial charge is 0.404 e. The third kappa shape index (κ3) is 3.41. The zero-order chi connectivity index (χ0) is 15.4. The monoisotopic (exact) mass is 290 g/mol. The number of methoxy groups -OCH3 is 1. The first-order valence-electron chi connectivity index (χ1n) is 6.54. The fraction of sp³-hybridized carbons (Fsp3) is 0.333. The number of nitrogens with zero attached hydrogens (tertiary/aromatic N) is 2. The lowest BCUT2D eigenvalue weighted by Gasteiger charge is -2.11. The number of anilines is 1. The maximum Gasteiger partial charge on any atom is 0.422 e. The van der Waals surface area contributed by atoms with Crippen LogP contribution in [0.15, 0.2) is 30.0 Å². The Kier molecular flexibility index (Phi) is 4.59. The van der Waals surface area contributed by atoms with Gasteiger partial charge in [0.15, 0.2) is 5.76 Å². The molecule has 0 unspecified atom stereocenters. The minimum atomic E-state index is -0.659. The van der Waals surface area contributed by atoms with Gasteiger partial charge in [0.1, 0.15) is 0 Å². The van der Waals surface area contributed by atoms with E-state index < -0.39 is 12.0 Å². The van der Waals surface area contributed by atoms with Gasteiger partial charge in [0.25, 0.3) is 5.91 Å². The topological polar surface area (TPSA) is 59.1 Å². The van der Waals surface area contributed by atoms with Crippen LogP contribution in [-0.2, 0) is 14.3 Å². The Morgan fingerprint density at radius 3 is 2.48 bits per heavy atom. The first kappa shape index (κ1) is 15.1. The standard InChI is InChI=1S/C15H18N2O4/c1-16(2)12-6-4-11(5-7-12)10-13-14(18)17(8-9-20-3)15(19)21-13/h4-7,10H,8-9H2,1-3H3/b13-10+. The molecule has 0 aliphatic carbocycles. The summed E-state index contributed by atoms with van der Waals surface area (Å²) in [7, 11) is 5.40. The minimum absolute atomic E-state index is 0.0358. The fourth-order valence-corrected chi connectivity index (χ4v) is 1.90. The summed E-state index contributed by atoms with van der Waals surface area (Å²) < 4.78 is 9.86. The van der Waals surface area contributed by atoms with Crippen molar-refractivity contribution in [1.82, 2.24) is 4.90 Å². The molecule has 0 radical (unpaired) electrons. The number of ether oxygens (including phenoxy) is 2. The Morgan fingerprint density at radius 2 is 1.90 bits per heavy atom. The first-order chi connectivity index (χ1) is 10.0. The molecule has 0 bridgehead atoms. The van der Waals surface area contributed by atoms with E-state index >= 15 is 0 Å². The molecule has 2 rings (SSSR count). The van der Waals surface area contributed by atoms with Crippen LogP contribution in [0.25, 0.3) is 6.08 Å². The maximum absolute atomic E-state index is 12.0. The average molecular weight is 290 g/mol. The van der Waals surface area contributed by atoms with E-state index in [2.05, 4.69) is 0 Å². The molecular weight excluding hydrogens is 272 g/mol. The van der Waals surface area contributed by atoms with Gasteiger partial charge in [-0.15, -0.1) is 0 Å². The molecule has 1 fully saturated rings. The minimum Gasteiger partial charge on any atom is -0.404 e. The number of hydrogen-bond acceptors (Lipinski definition) is 5. The predicted octanol–water partition coefficient (Wildman–Crippen LogP) is 1.72. The lowest BCUT2D eigenvalue weighted by atomic mass is 10.1. The summed E-state index contributed by atoms with van der Waals surface area (Å²) in [6.07, 6.45) is 0.903. The van der Waals surface area contributed by atoms with Crippen molar-refractivity contribution in [3.05, 3.63) is 35.6 Å². The molecule has 0 N–H and O–H groups in total. The third-order valence-electron chi connectivity index (χ3n) is 3.10. The molecule has 6 heteroatoms. The van der Waals surface area contributed by atoms with E-state index in [1.54, 1.807) is 6.08 Å². The molecule has 112 valence electrons. The summed E-state index contributed by atoms with van der Waals surface area (Å²) in [6, 6.07) is 7.58. The Labute approximate surface area is 123 Å². The molecule has 2 amide bonds. The molecule has 1 aromatic rings. The molecule has 1 aliphatic heterocycles. The highest BCUT2D eigenvalue weighted by Gasteiger charge is 2.35. The van der Waals surface area contributed by atoms with E-state index in [0.29, 0.717) is 0 Å². The number of cyclic esters (lactones) is 1. The second-order valence-electron chi connectivity index (χ2n) is 4.81. The third-order valence-corrected chi connectivity index (χ3v) is 3.10. The Bertz CT molecular complexity index is 564. The second kappa shape index (κ2) is 6.41. The van der Waals surface area contributed by atoms with Gasteiger partial charge in [-0.25, -0.2) is 9.69 Å². The van der Waals surface area contributed by atoms with Crippen LogP contribution in [0.2, 0.25) is 0 Å². The van der Waals surface area contributed by atoms with Crippen molar-refractivity contribution in [1.29, 1.82) is 0 Å². The summed E-state index contributed by atoms with van der Waals surface area (Å²) in [4.78, 5) is 26.7. The van der Waals surface area contributed by atoms with Gasteiger partial charge < -0.3 is 14.4 Å². The number of carbonyl (C=O) groups is 2. The van der Waals surface area contributed by atoms with Gasteiger partial charge in [-0.2, -0.15) is 0 Å². The van der Waals surface area contributed by atoms with Crippen LogP contribution in [0.5, 0.6) is 0 Å². The van der Waals surface area contributed by atoms with E-state index in [9.17, 15) is 9.59 Å². The highest BCUT2D eigenvalue weighted by molar-refractivity contribution is 6.09. The summed E-state index contributed by atoms with van der Waals surface area (Å²) >= 11 is 0. The van der Waals surface area contributed by atoms with Crippen LogP contribution < -0.4 is 4.90 Å². The predicted molar refractivity (Wildman–Crippen MR) is 78.8 cm³/mol. The lowest BCUT2D eigenvalue weighted by molar-refractivity contribution is -0.123. The van der Waals surface area contributed by atoms with Crippen molar-refractivity contribution in [3.8, 4) is 0 Å². The SMILES string of the molecule is COCCN1C(=O)O/C(=C/c2ccc(N(C)C)cc2)C1=O. The van der Waals surface area contributed by atoms with E-state index in [-0.39, 0.29) is 18.9 Å². The normalized spacial score (nSPS) is 16.5. The number of amides is 2. The number of imide groups is 1. The summed E-state index contributed by atoms with van der Waals surface area (Å²) in [6.45, 7) is 0.469. The van der Waals surface area contributed by atoms with E-state index in [1.807, 2.05) is 43.3 Å². The second-order valence-corrected chi connectivity index (χ2v) is 4.81. The molecular formula is C15H18N2O4. The maximum atomic E-state index is 12.0. The summed E-state index contributed by atoms with van der Waals surface area (Å²) in [5.41, 5.74) is 1.85. The van der Waals surface area contributed by atoms with Gasteiger partial charge in [-0.1, -0.05) is 12.1 Å². The van der Waals surface area contributed by atoms with E-state index in [0.717, 1.165) is 16.2 Å². The molecule has 0 atom stereocenters. The van der Waals surface area contributed by atoms with Gasteiger partial charge in [0.2, 0.25) is 0 Å². The molecule has 0 spiro atoms. The highest BCUT2D eigenvalue weighted by atomic mass is 16.6. The molecule has 1 heterocycles. The number of hydrogen-bond donors (Lipinski definition) is 0. The highest BCUT2D eigenvalue weighted by Crippen LogP contribution is 2.20. The molecule has 6 nitrogen and oxygen atoms in total. The molecule has 1 aliphatic rings. The van der Waals surface area contributed by atoms with Crippen molar-refractivity contribution < 1.29 is 19.1 Å². The van der Waals surface area contributed by atoms with Gasteiger partial charge in [-0.3, -0.25) is 4.79 Å². The van der Waals surface area contributed by atoms with Gasteiger partial charge in [0.05, 0.1) is 13.2 Å². The quantitative estimate of drug-likeness (QED) is 0.773. The first-order valence-corrected chi connectivity index (χ1v) is 6.54. The lowest BCUT2D eigenvalue weighted by Crippen LogP contribution is -2.31. The van der Waals surface area contributed by atoms with Crippen molar-refractivity contribution >= 4 is 23.8 Å². The zero-order valence-electron chi connectivity index (χ0n) is 12.3. The van der Waals surface area contributed by atoms with Crippen LogP contribution in [0, 0.1) is 0 Å². The van der Waals surface area contributed by atoms with Gasteiger partial charge in [0, 0.05) is 26.9 Å². The van der Waals surface area contributed by atoms with E-state index in [4.69, 9.17) is 9.47 Å². The van der Waals surface area contributed by atoms with Crippen LogP contribution >= 0.6 is 0 Å². The summed E-state index contributed by atoms with van der Waals surface area (Å²) in [5, 5.41) is 0. The Morgan fingerprint density at radius 1 is 1.24 bits per heavy atom. The Hall–Kier alpha value is -2.34. The van der Waals surface area contributed by atoms with Crippen LogP contribution in [-0.4, -0.2) is 51.3 Å². The molecule has 21 heavy (non-hydrogen) atoms. The Balaban J connectivity index is 2.14. The molecule has 0 saturated carbocycles. The fourth-order valence-electron chi connectivity index (χ4n) is 1.90. The van der Waals surface area contributed by atoms with Crippen LogP contribution in [0.3, 0.4) is 0 Å². The van der Waals surface area contributed by atoms with Crippen molar-refractivity contribution in [2.75, 3.05) is 39.3 Å². The van der Waals surface area contributed by atoms with E-state index in [1.165, 1.54) is 7.11 Å². The van der Waals surface area contributed by atoms with Crippen molar-refractivity contribution in [3.63, 3.8) is 0 Å². The number of benzene rings is 1. The van der Waals surface area contributed by atoms with Crippen LogP contribution in [0.1, 0.15) is 5.56 Å².